The van der Waals surface area contributed by atoms with Crippen LogP contribution in [0.4, 0.5) is 4.79 Å². The normalized spacial score (nSPS) is 16.5. The SMILES string of the molecule is CCC(C)CCNC(=O)N1CCN(C(=O)c2ccc[nH]2)CC1. The van der Waals surface area contributed by atoms with Crippen LogP contribution in [0.2, 0.25) is 0 Å². The molecule has 1 aliphatic heterocycles. The number of H-pyrrole nitrogens is 1. The molecule has 1 aromatic rings. The molecule has 6 heteroatoms. The molecule has 2 N–H and O–H groups in total. The maximum Gasteiger partial charge on any atom is 0.317 e. The Balaban J connectivity index is 1.72. The van der Waals surface area contributed by atoms with Crippen LogP contribution in [0.5, 0.6) is 0 Å². The first-order valence-corrected chi connectivity index (χ1v) is 8.07. The van der Waals surface area contributed by atoms with Gasteiger partial charge >= 0.3 is 6.03 Å². The lowest BCUT2D eigenvalue weighted by Gasteiger charge is -2.34. The zero-order chi connectivity index (χ0) is 15.9. The van der Waals surface area contributed by atoms with E-state index in [1.54, 1.807) is 22.1 Å². The third-order valence-corrected chi connectivity index (χ3v) is 4.29. The molecule has 0 bridgehead atoms. The number of nitrogens with one attached hydrogen (secondary N) is 2. The largest absolute Gasteiger partial charge is 0.357 e. The van der Waals surface area contributed by atoms with Crippen LogP contribution in [-0.2, 0) is 0 Å². The van der Waals surface area contributed by atoms with Crippen molar-refractivity contribution in [1.82, 2.24) is 20.1 Å². The van der Waals surface area contributed by atoms with Gasteiger partial charge in [-0.3, -0.25) is 4.79 Å². The van der Waals surface area contributed by atoms with Crippen molar-refractivity contribution in [3.05, 3.63) is 24.0 Å². The van der Waals surface area contributed by atoms with Gasteiger partial charge in [0.15, 0.2) is 0 Å². The summed E-state index contributed by atoms with van der Waals surface area (Å²) in [6.07, 6.45) is 3.89. The molecule has 122 valence electrons. The fourth-order valence-corrected chi connectivity index (χ4v) is 2.49. The summed E-state index contributed by atoms with van der Waals surface area (Å²) < 4.78 is 0. The molecular weight excluding hydrogens is 280 g/mol. The fraction of sp³-hybridized carbons (Fsp3) is 0.625. The molecule has 1 saturated heterocycles. The summed E-state index contributed by atoms with van der Waals surface area (Å²) in [5.41, 5.74) is 0.603. The Morgan fingerprint density at radius 2 is 1.95 bits per heavy atom. The maximum atomic E-state index is 12.2. The molecule has 0 aromatic carbocycles. The van der Waals surface area contributed by atoms with Gasteiger partial charge in [0.2, 0.25) is 0 Å². The van der Waals surface area contributed by atoms with E-state index >= 15 is 0 Å². The summed E-state index contributed by atoms with van der Waals surface area (Å²) >= 11 is 0. The quantitative estimate of drug-likeness (QED) is 0.872. The molecule has 0 aliphatic carbocycles. The van der Waals surface area contributed by atoms with E-state index in [9.17, 15) is 9.59 Å². The Kier molecular flexibility index (Phi) is 5.86. The molecule has 1 unspecified atom stereocenters. The summed E-state index contributed by atoms with van der Waals surface area (Å²) in [7, 11) is 0. The molecule has 1 atom stereocenters. The summed E-state index contributed by atoms with van der Waals surface area (Å²) in [6.45, 7) is 7.40. The summed E-state index contributed by atoms with van der Waals surface area (Å²) in [5, 5.41) is 2.97. The van der Waals surface area contributed by atoms with E-state index in [1.807, 2.05) is 6.07 Å². The summed E-state index contributed by atoms with van der Waals surface area (Å²) in [4.78, 5) is 30.8. The van der Waals surface area contributed by atoms with Crippen molar-refractivity contribution in [2.45, 2.75) is 26.7 Å². The van der Waals surface area contributed by atoms with Crippen molar-refractivity contribution in [2.75, 3.05) is 32.7 Å². The molecule has 22 heavy (non-hydrogen) atoms. The monoisotopic (exact) mass is 306 g/mol. The van der Waals surface area contributed by atoms with Crippen LogP contribution in [0.25, 0.3) is 0 Å². The molecule has 1 fully saturated rings. The lowest BCUT2D eigenvalue weighted by atomic mass is 10.1. The molecular formula is C16H26N4O2. The van der Waals surface area contributed by atoms with E-state index in [0.29, 0.717) is 37.8 Å². The number of nitrogens with zero attached hydrogens (tertiary/aromatic N) is 2. The standard InChI is InChI=1S/C16H26N4O2/c1-3-13(2)6-8-18-16(22)20-11-9-19(10-12-20)15(21)14-5-4-7-17-14/h4-5,7,13,17H,3,6,8-12H2,1-2H3,(H,18,22). The molecule has 0 radical (unpaired) electrons. The first kappa shape index (κ1) is 16.4. The lowest BCUT2D eigenvalue weighted by molar-refractivity contribution is 0.0660. The third-order valence-electron chi connectivity index (χ3n) is 4.29. The highest BCUT2D eigenvalue weighted by Gasteiger charge is 2.24. The van der Waals surface area contributed by atoms with Crippen molar-refractivity contribution in [1.29, 1.82) is 0 Å². The van der Waals surface area contributed by atoms with Gasteiger partial charge in [0, 0.05) is 38.9 Å². The van der Waals surface area contributed by atoms with Gasteiger partial charge in [0.05, 0.1) is 0 Å². The van der Waals surface area contributed by atoms with Crippen molar-refractivity contribution in [3.8, 4) is 0 Å². The lowest BCUT2D eigenvalue weighted by Crippen LogP contribution is -2.53. The smallest absolute Gasteiger partial charge is 0.317 e. The van der Waals surface area contributed by atoms with Gasteiger partial charge in [-0.15, -0.1) is 0 Å². The molecule has 2 rings (SSSR count). The molecule has 0 spiro atoms. The van der Waals surface area contributed by atoms with E-state index in [2.05, 4.69) is 24.1 Å². The van der Waals surface area contributed by atoms with E-state index < -0.39 is 0 Å². The minimum absolute atomic E-state index is 0.00169. The highest BCUT2D eigenvalue weighted by atomic mass is 16.2. The number of hydrogen-bond donors (Lipinski definition) is 2. The number of carbonyl (C=O) groups is 2. The number of hydrogen-bond acceptors (Lipinski definition) is 2. The van der Waals surface area contributed by atoms with E-state index in [0.717, 1.165) is 19.4 Å². The second-order valence-corrected chi connectivity index (χ2v) is 5.90. The molecule has 2 heterocycles. The van der Waals surface area contributed by atoms with Crippen LogP contribution in [-0.4, -0.2) is 59.4 Å². The van der Waals surface area contributed by atoms with Gasteiger partial charge in [-0.05, 0) is 24.5 Å². The van der Waals surface area contributed by atoms with Crippen LogP contribution in [0.15, 0.2) is 18.3 Å². The zero-order valence-electron chi connectivity index (χ0n) is 13.5. The van der Waals surface area contributed by atoms with Crippen LogP contribution >= 0.6 is 0 Å². The Bertz CT molecular complexity index is 478. The Labute approximate surface area is 131 Å². The predicted molar refractivity (Wildman–Crippen MR) is 85.7 cm³/mol. The van der Waals surface area contributed by atoms with E-state index in [1.165, 1.54) is 0 Å². The molecule has 1 aliphatic rings. The third kappa shape index (κ3) is 4.26. The predicted octanol–water partition coefficient (Wildman–Crippen LogP) is 1.92. The van der Waals surface area contributed by atoms with Crippen LogP contribution in [0, 0.1) is 5.92 Å². The number of piperazine rings is 1. The van der Waals surface area contributed by atoms with Crippen molar-refractivity contribution < 1.29 is 9.59 Å². The van der Waals surface area contributed by atoms with Gasteiger partial charge in [-0.1, -0.05) is 20.3 Å². The van der Waals surface area contributed by atoms with Crippen LogP contribution < -0.4 is 5.32 Å². The number of amides is 3. The van der Waals surface area contributed by atoms with Gasteiger partial charge in [0.1, 0.15) is 5.69 Å². The second kappa shape index (κ2) is 7.87. The van der Waals surface area contributed by atoms with Gasteiger partial charge in [-0.2, -0.15) is 0 Å². The number of rotatable bonds is 5. The molecule has 0 saturated carbocycles. The van der Waals surface area contributed by atoms with E-state index in [-0.39, 0.29) is 11.9 Å². The highest BCUT2D eigenvalue weighted by molar-refractivity contribution is 5.92. The fourth-order valence-electron chi connectivity index (χ4n) is 2.49. The first-order valence-electron chi connectivity index (χ1n) is 8.07. The number of aromatic amines is 1. The highest BCUT2D eigenvalue weighted by Crippen LogP contribution is 2.08. The van der Waals surface area contributed by atoms with Crippen molar-refractivity contribution >= 4 is 11.9 Å². The van der Waals surface area contributed by atoms with Gasteiger partial charge < -0.3 is 20.1 Å². The number of urea groups is 1. The average Bonchev–Trinajstić information content (AvgIpc) is 3.08. The minimum atomic E-state index is -0.0183. The van der Waals surface area contributed by atoms with Gasteiger partial charge in [0.25, 0.3) is 5.91 Å². The summed E-state index contributed by atoms with van der Waals surface area (Å²) in [6, 6.07) is 3.57. The molecule has 1 aromatic heterocycles. The Hall–Kier alpha value is -1.98. The topological polar surface area (TPSA) is 68.4 Å². The van der Waals surface area contributed by atoms with Crippen molar-refractivity contribution in [2.24, 2.45) is 5.92 Å². The first-order chi connectivity index (χ1) is 10.6. The number of aromatic nitrogens is 1. The summed E-state index contributed by atoms with van der Waals surface area (Å²) in [5.74, 6) is 0.636. The minimum Gasteiger partial charge on any atom is -0.357 e. The van der Waals surface area contributed by atoms with E-state index in [4.69, 9.17) is 0 Å². The zero-order valence-corrected chi connectivity index (χ0v) is 13.5. The van der Waals surface area contributed by atoms with Crippen LogP contribution in [0.1, 0.15) is 37.2 Å². The number of carbonyl (C=O) groups excluding carboxylic acids is 2. The maximum absolute atomic E-state index is 12.2. The van der Waals surface area contributed by atoms with Crippen molar-refractivity contribution in [3.63, 3.8) is 0 Å². The van der Waals surface area contributed by atoms with Gasteiger partial charge in [-0.25, -0.2) is 4.79 Å². The molecule has 6 nitrogen and oxygen atoms in total. The second-order valence-electron chi connectivity index (χ2n) is 5.90. The molecule has 3 amide bonds. The van der Waals surface area contributed by atoms with Crippen LogP contribution in [0.3, 0.4) is 0 Å². The Morgan fingerprint density at radius 3 is 2.55 bits per heavy atom. The Morgan fingerprint density at radius 1 is 1.27 bits per heavy atom. The average molecular weight is 306 g/mol.